The van der Waals surface area contributed by atoms with E-state index in [-0.39, 0.29) is 0 Å². The van der Waals surface area contributed by atoms with Gasteiger partial charge in [-0.3, -0.25) is 4.79 Å². The molecule has 0 amide bonds. The lowest BCUT2D eigenvalue weighted by molar-refractivity contribution is -0.104. The number of aldehydes is 1. The molecule has 0 fully saturated rings. The van der Waals surface area contributed by atoms with Crippen molar-refractivity contribution < 1.29 is 4.79 Å². The van der Waals surface area contributed by atoms with E-state index in [1.165, 1.54) is 0 Å². The van der Waals surface area contributed by atoms with Crippen LogP contribution in [0.5, 0.6) is 0 Å². The van der Waals surface area contributed by atoms with Crippen molar-refractivity contribution in [3.05, 3.63) is 22.6 Å². The van der Waals surface area contributed by atoms with Gasteiger partial charge in [-0.1, -0.05) is 12.2 Å². The normalized spacial score (nSPS) is 18.3. The van der Waals surface area contributed by atoms with Crippen molar-refractivity contribution in [2.24, 2.45) is 0 Å². The van der Waals surface area contributed by atoms with Crippen LogP contribution in [0.2, 0.25) is 0 Å². The summed E-state index contributed by atoms with van der Waals surface area (Å²) in [6.07, 6.45) is 6.57. The zero-order valence-corrected chi connectivity index (χ0v) is 5.90. The van der Waals surface area contributed by atoms with E-state index in [0.717, 1.165) is 29.6 Å². The van der Waals surface area contributed by atoms with Gasteiger partial charge in [-0.15, -0.1) is 12.6 Å². The van der Waals surface area contributed by atoms with Crippen LogP contribution in [-0.4, -0.2) is 6.29 Å². The second kappa shape index (κ2) is 2.87. The summed E-state index contributed by atoms with van der Waals surface area (Å²) in [5.41, 5.74) is 0.726. The van der Waals surface area contributed by atoms with Gasteiger partial charge in [0.05, 0.1) is 0 Å². The van der Waals surface area contributed by atoms with Crippen LogP contribution in [0.3, 0.4) is 0 Å². The molecule has 2 heteroatoms. The Bertz CT molecular complexity index is 179. The second-order valence-corrected chi connectivity index (χ2v) is 2.50. The zero-order chi connectivity index (χ0) is 6.69. The minimum Gasteiger partial charge on any atom is -0.298 e. The van der Waals surface area contributed by atoms with Gasteiger partial charge in [0, 0.05) is 5.57 Å². The monoisotopic (exact) mass is 140 g/mol. The number of carbonyl (C=O) groups is 1. The van der Waals surface area contributed by atoms with Crippen LogP contribution in [-0.2, 0) is 4.79 Å². The molecule has 0 heterocycles. The molecule has 0 spiro atoms. The Morgan fingerprint density at radius 1 is 1.67 bits per heavy atom. The van der Waals surface area contributed by atoms with E-state index in [0.29, 0.717) is 0 Å². The highest BCUT2D eigenvalue weighted by Gasteiger charge is 2.01. The molecule has 0 unspecified atom stereocenters. The van der Waals surface area contributed by atoms with E-state index in [2.05, 4.69) is 12.6 Å². The largest absolute Gasteiger partial charge is 0.298 e. The average Bonchev–Trinajstić information content (AvgIpc) is 1.89. The molecular formula is C7H8OS. The highest BCUT2D eigenvalue weighted by molar-refractivity contribution is 7.84. The zero-order valence-electron chi connectivity index (χ0n) is 5.00. The van der Waals surface area contributed by atoms with Crippen molar-refractivity contribution in [3.63, 3.8) is 0 Å². The summed E-state index contributed by atoms with van der Waals surface area (Å²) in [5, 5.41) is 0. The maximum absolute atomic E-state index is 10.2. The lowest BCUT2D eigenvalue weighted by Crippen LogP contribution is -1.89. The molecule has 0 saturated heterocycles. The maximum Gasteiger partial charge on any atom is 0.150 e. The van der Waals surface area contributed by atoms with E-state index in [1.54, 1.807) is 0 Å². The van der Waals surface area contributed by atoms with Gasteiger partial charge < -0.3 is 0 Å². The third-order valence-corrected chi connectivity index (χ3v) is 1.79. The second-order valence-electron chi connectivity index (χ2n) is 1.96. The summed E-state index contributed by atoms with van der Waals surface area (Å²) in [6, 6.07) is 0. The fourth-order valence-electron chi connectivity index (χ4n) is 0.778. The summed E-state index contributed by atoms with van der Waals surface area (Å²) in [6.45, 7) is 0. The molecule has 48 valence electrons. The molecular weight excluding hydrogens is 132 g/mol. The fourth-order valence-corrected chi connectivity index (χ4v) is 1.03. The topological polar surface area (TPSA) is 17.1 Å². The first-order valence-corrected chi connectivity index (χ1v) is 3.33. The molecule has 1 aliphatic rings. The molecule has 0 saturated carbocycles. The number of rotatable bonds is 1. The molecule has 1 aliphatic carbocycles. The molecule has 0 N–H and O–H groups in total. The van der Waals surface area contributed by atoms with Gasteiger partial charge in [0.1, 0.15) is 0 Å². The first-order chi connectivity index (χ1) is 4.34. The van der Waals surface area contributed by atoms with Gasteiger partial charge in [0.25, 0.3) is 0 Å². The number of allylic oxidation sites excluding steroid dienone is 4. The van der Waals surface area contributed by atoms with Crippen molar-refractivity contribution in [2.45, 2.75) is 12.8 Å². The summed E-state index contributed by atoms with van der Waals surface area (Å²) < 4.78 is 0. The molecule has 0 radical (unpaired) electrons. The Balaban J connectivity index is 2.84. The van der Waals surface area contributed by atoms with Crippen LogP contribution in [0, 0.1) is 0 Å². The molecule has 0 aliphatic heterocycles. The van der Waals surface area contributed by atoms with E-state index in [9.17, 15) is 4.79 Å². The van der Waals surface area contributed by atoms with E-state index in [1.807, 2.05) is 12.2 Å². The van der Waals surface area contributed by atoms with Crippen LogP contribution in [0.4, 0.5) is 0 Å². The highest BCUT2D eigenvalue weighted by Crippen LogP contribution is 2.19. The van der Waals surface area contributed by atoms with Gasteiger partial charge in [0.2, 0.25) is 0 Å². The SMILES string of the molecule is O=CC1=C(S)CCC=C1. The molecule has 1 nitrogen and oxygen atoms in total. The Hall–Kier alpha value is -0.500. The van der Waals surface area contributed by atoms with Gasteiger partial charge in [-0.05, 0) is 17.7 Å². The minimum absolute atomic E-state index is 0.726. The number of hydrogen-bond donors (Lipinski definition) is 1. The van der Waals surface area contributed by atoms with Crippen molar-refractivity contribution >= 4 is 18.9 Å². The van der Waals surface area contributed by atoms with Gasteiger partial charge >= 0.3 is 0 Å². The standard InChI is InChI=1S/C7H8OS/c8-5-6-3-1-2-4-7(6)9/h1,3,5,9H,2,4H2. The van der Waals surface area contributed by atoms with Crippen LogP contribution >= 0.6 is 12.6 Å². The Labute approximate surface area is 59.9 Å². The van der Waals surface area contributed by atoms with E-state index >= 15 is 0 Å². The first-order valence-electron chi connectivity index (χ1n) is 2.88. The van der Waals surface area contributed by atoms with Crippen molar-refractivity contribution in [3.8, 4) is 0 Å². The summed E-state index contributed by atoms with van der Waals surface area (Å²) in [7, 11) is 0. The third-order valence-electron chi connectivity index (χ3n) is 1.31. The van der Waals surface area contributed by atoms with Crippen LogP contribution in [0.25, 0.3) is 0 Å². The molecule has 0 aromatic carbocycles. The van der Waals surface area contributed by atoms with Crippen molar-refractivity contribution in [1.82, 2.24) is 0 Å². The minimum atomic E-state index is 0.726. The van der Waals surface area contributed by atoms with E-state index < -0.39 is 0 Å². The third kappa shape index (κ3) is 1.45. The lowest BCUT2D eigenvalue weighted by Gasteiger charge is -2.04. The highest BCUT2D eigenvalue weighted by atomic mass is 32.1. The van der Waals surface area contributed by atoms with Crippen molar-refractivity contribution in [2.75, 3.05) is 0 Å². The molecule has 9 heavy (non-hydrogen) atoms. The molecule has 1 rings (SSSR count). The predicted octanol–water partition coefficient (Wildman–Crippen LogP) is 1.72. The quantitative estimate of drug-likeness (QED) is 0.433. The summed E-state index contributed by atoms with van der Waals surface area (Å²) >= 11 is 4.13. The van der Waals surface area contributed by atoms with Crippen LogP contribution in [0.1, 0.15) is 12.8 Å². The summed E-state index contributed by atoms with van der Waals surface area (Å²) in [5.74, 6) is 0. The molecule has 0 aromatic heterocycles. The summed E-state index contributed by atoms with van der Waals surface area (Å²) in [4.78, 5) is 11.1. The van der Waals surface area contributed by atoms with Gasteiger partial charge in [0.15, 0.2) is 6.29 Å². The first kappa shape index (κ1) is 6.62. The average molecular weight is 140 g/mol. The Morgan fingerprint density at radius 2 is 2.44 bits per heavy atom. The Kier molecular flexibility index (Phi) is 2.11. The number of thiol groups is 1. The van der Waals surface area contributed by atoms with E-state index in [4.69, 9.17) is 0 Å². The molecule has 0 atom stereocenters. The maximum atomic E-state index is 10.2. The fraction of sp³-hybridized carbons (Fsp3) is 0.286. The lowest BCUT2D eigenvalue weighted by atomic mass is 10.1. The van der Waals surface area contributed by atoms with Crippen molar-refractivity contribution in [1.29, 1.82) is 0 Å². The Morgan fingerprint density at radius 3 is 2.89 bits per heavy atom. The number of hydrogen-bond acceptors (Lipinski definition) is 2. The van der Waals surface area contributed by atoms with Crippen LogP contribution < -0.4 is 0 Å². The molecule has 0 bridgehead atoms. The van der Waals surface area contributed by atoms with Gasteiger partial charge in [-0.2, -0.15) is 0 Å². The van der Waals surface area contributed by atoms with Gasteiger partial charge in [-0.25, -0.2) is 0 Å². The van der Waals surface area contributed by atoms with Crippen LogP contribution in [0.15, 0.2) is 22.6 Å². The number of carbonyl (C=O) groups excluding carboxylic acids is 1. The molecule has 0 aromatic rings. The smallest absolute Gasteiger partial charge is 0.150 e. The predicted molar refractivity (Wildman–Crippen MR) is 40.5 cm³/mol.